The van der Waals surface area contributed by atoms with Crippen LogP contribution in [0.25, 0.3) is 5.69 Å². The van der Waals surface area contributed by atoms with E-state index in [4.69, 9.17) is 37.4 Å². The summed E-state index contributed by atoms with van der Waals surface area (Å²) in [5.74, 6) is -0.175. The van der Waals surface area contributed by atoms with Crippen molar-refractivity contribution in [3.63, 3.8) is 0 Å². The van der Waals surface area contributed by atoms with Gasteiger partial charge in [-0.25, -0.2) is 14.0 Å². The van der Waals surface area contributed by atoms with Gasteiger partial charge < -0.3 is 24.0 Å². The van der Waals surface area contributed by atoms with Gasteiger partial charge in [-0.05, 0) is 79.4 Å². The van der Waals surface area contributed by atoms with Gasteiger partial charge in [-0.15, -0.1) is 0 Å². The van der Waals surface area contributed by atoms with E-state index in [2.05, 4.69) is 66.9 Å². The lowest BCUT2D eigenvalue weighted by molar-refractivity contribution is -0.198. The molecule has 0 saturated carbocycles. The number of benzene rings is 3. The molecule has 2 saturated heterocycles. The molecule has 6 rings (SSSR count). The Hall–Kier alpha value is -3.50. The molecule has 256 valence electrons. The van der Waals surface area contributed by atoms with Crippen LogP contribution in [0.3, 0.4) is 0 Å². The molecule has 0 N–H and O–H groups in total. The van der Waals surface area contributed by atoms with Gasteiger partial charge in [0.05, 0.1) is 23.4 Å². The molecule has 9 nitrogen and oxygen atoms in total. The zero-order valence-electron chi connectivity index (χ0n) is 28.4. The van der Waals surface area contributed by atoms with Gasteiger partial charge in [-0.2, -0.15) is 5.10 Å². The zero-order chi connectivity index (χ0) is 34.1. The summed E-state index contributed by atoms with van der Waals surface area (Å²) in [7, 11) is 0. The Morgan fingerprint density at radius 3 is 2.12 bits per heavy atom. The summed E-state index contributed by atoms with van der Waals surface area (Å²) in [6, 6.07) is 21.9. The standard InChI is InChI=1S/C37H45Cl2N5O4/c1-6-26(2)44-35(45)43(25-40-44)30-10-8-28(9-11-30)41-17-19-42(20-18-41)29-12-14-31(15-13-29)46-22-32-23-47-37(48-32,24-36(3,4)5)33-16-7-27(38)21-34(33)39/h7-16,21,25-26,32H,6,17-20,22-24H2,1-5H3/t26?,32-,37-/m0/s1. The molecular weight excluding hydrogens is 649 g/mol. The van der Waals surface area contributed by atoms with Crippen LogP contribution in [0, 0.1) is 5.41 Å². The summed E-state index contributed by atoms with van der Waals surface area (Å²) in [5.41, 5.74) is 3.74. The van der Waals surface area contributed by atoms with Gasteiger partial charge in [-0.3, -0.25) is 0 Å². The van der Waals surface area contributed by atoms with E-state index in [0.717, 1.165) is 61.0 Å². The van der Waals surface area contributed by atoms with E-state index in [1.165, 1.54) is 0 Å². The highest BCUT2D eigenvalue weighted by atomic mass is 35.5. The van der Waals surface area contributed by atoms with E-state index in [0.29, 0.717) is 29.7 Å². The number of anilines is 2. The summed E-state index contributed by atoms with van der Waals surface area (Å²) in [6.07, 6.45) is 2.85. The van der Waals surface area contributed by atoms with Crippen molar-refractivity contribution in [2.75, 3.05) is 49.2 Å². The lowest BCUT2D eigenvalue weighted by atomic mass is 9.84. The predicted molar refractivity (Wildman–Crippen MR) is 192 cm³/mol. The van der Waals surface area contributed by atoms with Crippen molar-refractivity contribution >= 4 is 34.6 Å². The average molecular weight is 695 g/mol. The molecular formula is C37H45Cl2N5O4. The number of piperazine rings is 1. The van der Waals surface area contributed by atoms with Crippen LogP contribution < -0.4 is 20.2 Å². The Bertz CT molecular complexity index is 1740. The third kappa shape index (κ3) is 7.54. The van der Waals surface area contributed by atoms with Crippen LogP contribution in [0.5, 0.6) is 5.75 Å². The molecule has 2 aliphatic rings. The highest BCUT2D eigenvalue weighted by Gasteiger charge is 2.47. The lowest BCUT2D eigenvalue weighted by Gasteiger charge is -2.37. The first-order chi connectivity index (χ1) is 22.9. The second-order valence-electron chi connectivity index (χ2n) is 13.9. The number of ether oxygens (including phenoxy) is 3. The van der Waals surface area contributed by atoms with Crippen LogP contribution in [0.15, 0.2) is 77.9 Å². The lowest BCUT2D eigenvalue weighted by Crippen LogP contribution is -2.46. The first-order valence-electron chi connectivity index (χ1n) is 16.7. The molecule has 0 aliphatic carbocycles. The van der Waals surface area contributed by atoms with Crippen LogP contribution in [0.2, 0.25) is 10.0 Å². The molecule has 4 aromatic rings. The quantitative estimate of drug-likeness (QED) is 0.168. The van der Waals surface area contributed by atoms with Crippen molar-refractivity contribution in [1.29, 1.82) is 0 Å². The summed E-state index contributed by atoms with van der Waals surface area (Å²) in [4.78, 5) is 17.6. The number of hydrogen-bond acceptors (Lipinski definition) is 7. The molecule has 1 aromatic heterocycles. The number of aromatic nitrogens is 3. The Morgan fingerprint density at radius 2 is 1.54 bits per heavy atom. The van der Waals surface area contributed by atoms with Crippen molar-refractivity contribution in [3.8, 4) is 11.4 Å². The topological polar surface area (TPSA) is 74.0 Å². The van der Waals surface area contributed by atoms with Gasteiger partial charge in [-0.1, -0.05) is 57.0 Å². The first-order valence-corrected chi connectivity index (χ1v) is 17.5. The third-order valence-corrected chi connectivity index (χ3v) is 9.62. The number of hydrogen-bond donors (Lipinski definition) is 0. The SMILES string of the molecule is CCC(C)n1ncn(-c2ccc(N3CCN(c4ccc(OC[C@H]5CO[C@](CC(C)(C)C)(c6ccc(Cl)cc6Cl)O5)cc4)CC3)cc2)c1=O. The molecule has 3 aromatic carbocycles. The van der Waals surface area contributed by atoms with E-state index < -0.39 is 5.79 Å². The van der Waals surface area contributed by atoms with Crippen LogP contribution in [-0.2, 0) is 15.3 Å². The molecule has 0 amide bonds. The second-order valence-corrected chi connectivity index (χ2v) is 14.8. The summed E-state index contributed by atoms with van der Waals surface area (Å²) < 4.78 is 22.2. The van der Waals surface area contributed by atoms with Gasteiger partial charge in [0.1, 0.15) is 24.8 Å². The van der Waals surface area contributed by atoms with Crippen LogP contribution in [0.4, 0.5) is 11.4 Å². The largest absolute Gasteiger partial charge is 0.491 e. The van der Waals surface area contributed by atoms with Crippen molar-refractivity contribution in [2.24, 2.45) is 5.41 Å². The second kappa shape index (κ2) is 14.2. The monoisotopic (exact) mass is 693 g/mol. The molecule has 48 heavy (non-hydrogen) atoms. The van der Waals surface area contributed by atoms with E-state index >= 15 is 0 Å². The molecule has 1 unspecified atom stereocenters. The minimum absolute atomic E-state index is 0.0643. The summed E-state index contributed by atoms with van der Waals surface area (Å²) in [5, 5.41) is 5.41. The minimum atomic E-state index is -0.960. The van der Waals surface area contributed by atoms with Crippen LogP contribution in [-0.4, -0.2) is 59.8 Å². The van der Waals surface area contributed by atoms with Gasteiger partial charge in [0.2, 0.25) is 0 Å². The van der Waals surface area contributed by atoms with Crippen molar-refractivity contribution in [1.82, 2.24) is 14.3 Å². The number of halogens is 2. The highest BCUT2D eigenvalue weighted by Crippen LogP contribution is 2.46. The van der Waals surface area contributed by atoms with Crippen LogP contribution in [0.1, 0.15) is 59.1 Å². The van der Waals surface area contributed by atoms with Crippen molar-refractivity contribution < 1.29 is 14.2 Å². The Labute approximate surface area is 292 Å². The fraction of sp³-hybridized carbons (Fsp3) is 0.459. The Balaban J connectivity index is 1.02. The zero-order valence-corrected chi connectivity index (χ0v) is 29.9. The smallest absolute Gasteiger partial charge is 0.350 e. The maximum absolute atomic E-state index is 12.8. The normalized spacial score (nSPS) is 20.7. The molecule has 3 atom stereocenters. The highest BCUT2D eigenvalue weighted by molar-refractivity contribution is 6.35. The minimum Gasteiger partial charge on any atom is -0.491 e. The summed E-state index contributed by atoms with van der Waals surface area (Å²) >= 11 is 12.8. The van der Waals surface area contributed by atoms with Crippen molar-refractivity contribution in [2.45, 2.75) is 65.4 Å². The fourth-order valence-corrected chi connectivity index (χ4v) is 6.98. The summed E-state index contributed by atoms with van der Waals surface area (Å²) in [6.45, 7) is 14.9. The van der Waals surface area contributed by atoms with Crippen molar-refractivity contribution in [3.05, 3.63) is 99.2 Å². The fourth-order valence-electron chi connectivity index (χ4n) is 6.43. The molecule has 0 bridgehead atoms. The first kappa shape index (κ1) is 34.4. The Kier molecular flexibility index (Phi) is 10.1. The molecule has 2 fully saturated rings. The molecule has 11 heteroatoms. The van der Waals surface area contributed by atoms with Gasteiger partial charge in [0.15, 0.2) is 5.79 Å². The van der Waals surface area contributed by atoms with E-state index in [1.54, 1.807) is 21.6 Å². The molecule has 0 radical (unpaired) electrons. The molecule has 0 spiro atoms. The van der Waals surface area contributed by atoms with E-state index in [-0.39, 0.29) is 23.3 Å². The van der Waals surface area contributed by atoms with Crippen LogP contribution >= 0.6 is 23.2 Å². The maximum Gasteiger partial charge on any atom is 0.350 e. The molecule has 3 heterocycles. The van der Waals surface area contributed by atoms with Gasteiger partial charge >= 0.3 is 5.69 Å². The van der Waals surface area contributed by atoms with Gasteiger partial charge in [0, 0.05) is 54.6 Å². The average Bonchev–Trinajstić information content (AvgIpc) is 3.66. The number of nitrogens with zero attached hydrogens (tertiary/aromatic N) is 5. The van der Waals surface area contributed by atoms with E-state index in [9.17, 15) is 4.79 Å². The van der Waals surface area contributed by atoms with E-state index in [1.807, 2.05) is 43.3 Å². The predicted octanol–water partition coefficient (Wildman–Crippen LogP) is 7.72. The molecule has 2 aliphatic heterocycles. The number of rotatable bonds is 10. The third-order valence-electron chi connectivity index (χ3n) is 9.08. The Morgan fingerprint density at radius 1 is 0.938 bits per heavy atom. The van der Waals surface area contributed by atoms with Gasteiger partial charge in [0.25, 0.3) is 0 Å². The maximum atomic E-state index is 12.8.